The third-order valence-corrected chi connectivity index (χ3v) is 8.14. The molecular weight excluding hydrogens is 388 g/mol. The Hall–Kier alpha value is -2.19. The van der Waals surface area contributed by atoms with Gasteiger partial charge in [-0.1, -0.05) is 18.2 Å². The van der Waals surface area contributed by atoms with E-state index in [0.29, 0.717) is 35.9 Å². The lowest BCUT2D eigenvalue weighted by Crippen LogP contribution is -2.36. The summed E-state index contributed by atoms with van der Waals surface area (Å²) in [6.45, 7) is 7.07. The molecule has 8 heteroatoms. The van der Waals surface area contributed by atoms with Crippen molar-refractivity contribution in [3.05, 3.63) is 41.2 Å². The minimum absolute atomic E-state index is 0.0407. The van der Waals surface area contributed by atoms with Crippen molar-refractivity contribution in [1.29, 1.82) is 0 Å². The minimum atomic E-state index is -3.53. The maximum atomic E-state index is 13.0. The highest BCUT2D eigenvalue weighted by Crippen LogP contribution is 2.32. The van der Waals surface area contributed by atoms with Gasteiger partial charge in [0.15, 0.2) is 0 Å². The van der Waals surface area contributed by atoms with Crippen LogP contribution in [-0.2, 0) is 27.8 Å². The van der Waals surface area contributed by atoms with Crippen LogP contribution in [0.4, 0.5) is 5.69 Å². The second kappa shape index (κ2) is 7.57. The van der Waals surface area contributed by atoms with Crippen LogP contribution in [0.5, 0.6) is 0 Å². The molecule has 1 atom stereocenters. The second-order valence-corrected chi connectivity index (χ2v) is 9.90. The molecule has 0 N–H and O–H groups in total. The van der Waals surface area contributed by atoms with Crippen molar-refractivity contribution in [2.24, 2.45) is 0 Å². The van der Waals surface area contributed by atoms with Crippen LogP contribution in [0.15, 0.2) is 29.2 Å². The summed E-state index contributed by atoms with van der Waals surface area (Å²) in [6.07, 6.45) is 2.94. The number of benzene rings is 1. The fourth-order valence-electron chi connectivity index (χ4n) is 4.60. The van der Waals surface area contributed by atoms with E-state index < -0.39 is 10.0 Å². The average molecular weight is 417 g/mol. The number of carbonyl (C=O) groups excluding carboxylic acids is 1. The van der Waals surface area contributed by atoms with Crippen molar-refractivity contribution in [3.63, 3.8) is 0 Å². The molecular formula is C21H28N4O3S. The Balaban J connectivity index is 1.52. The van der Waals surface area contributed by atoms with E-state index in [1.54, 1.807) is 22.8 Å². The number of aryl methyl sites for hydroxylation is 2. The fraction of sp³-hybridized carbons (Fsp3) is 0.524. The molecule has 1 saturated heterocycles. The summed E-state index contributed by atoms with van der Waals surface area (Å²) in [7, 11) is -3.53. The van der Waals surface area contributed by atoms with Crippen LogP contribution >= 0.6 is 0 Å². The normalized spacial score (nSPS) is 19.7. The molecule has 0 unspecified atom stereocenters. The number of carbonyl (C=O) groups is 1. The predicted octanol–water partition coefficient (Wildman–Crippen LogP) is 2.65. The first-order chi connectivity index (χ1) is 13.8. The molecule has 2 aromatic rings. The highest BCUT2D eigenvalue weighted by Gasteiger charge is 2.33. The lowest BCUT2D eigenvalue weighted by molar-refractivity contribution is -0.119. The lowest BCUT2D eigenvalue weighted by Gasteiger charge is -2.23. The Bertz CT molecular complexity index is 1040. The van der Waals surface area contributed by atoms with E-state index in [2.05, 4.69) is 18.1 Å². The van der Waals surface area contributed by atoms with Gasteiger partial charge in [0.1, 0.15) is 4.90 Å². The molecule has 0 aliphatic carbocycles. The van der Waals surface area contributed by atoms with Crippen molar-refractivity contribution in [3.8, 4) is 0 Å². The third kappa shape index (κ3) is 3.48. The number of amides is 1. The highest BCUT2D eigenvalue weighted by molar-refractivity contribution is 7.89. The summed E-state index contributed by atoms with van der Waals surface area (Å²) in [4.78, 5) is 15.1. The van der Waals surface area contributed by atoms with Crippen molar-refractivity contribution < 1.29 is 13.2 Å². The van der Waals surface area contributed by atoms with Crippen LogP contribution < -0.4 is 4.90 Å². The van der Waals surface area contributed by atoms with Crippen LogP contribution in [0.2, 0.25) is 0 Å². The number of anilines is 1. The number of para-hydroxylation sites is 1. The molecule has 7 nitrogen and oxygen atoms in total. The topological polar surface area (TPSA) is 75.5 Å². The Labute approximate surface area is 172 Å². The largest absolute Gasteiger partial charge is 0.309 e. The fourth-order valence-corrected chi connectivity index (χ4v) is 6.49. The Morgan fingerprint density at radius 3 is 2.59 bits per heavy atom. The van der Waals surface area contributed by atoms with E-state index >= 15 is 0 Å². The van der Waals surface area contributed by atoms with Gasteiger partial charge in [0, 0.05) is 31.2 Å². The molecule has 0 bridgehead atoms. The molecule has 1 fully saturated rings. The number of fused-ring (bicyclic) bond motifs is 1. The van der Waals surface area contributed by atoms with Gasteiger partial charge in [-0.25, -0.2) is 8.42 Å². The van der Waals surface area contributed by atoms with Crippen LogP contribution in [0.25, 0.3) is 0 Å². The zero-order chi connectivity index (χ0) is 20.8. The maximum absolute atomic E-state index is 13.0. The van der Waals surface area contributed by atoms with Crippen LogP contribution in [0.3, 0.4) is 0 Å². The second-order valence-electron chi connectivity index (χ2n) is 8.03. The molecule has 1 aromatic heterocycles. The van der Waals surface area contributed by atoms with Crippen molar-refractivity contribution in [1.82, 2.24) is 14.1 Å². The van der Waals surface area contributed by atoms with Crippen molar-refractivity contribution >= 4 is 21.6 Å². The Morgan fingerprint density at radius 2 is 1.86 bits per heavy atom. The van der Waals surface area contributed by atoms with Gasteiger partial charge in [0.25, 0.3) is 0 Å². The Kier molecular flexibility index (Phi) is 5.25. The molecule has 1 amide bonds. The van der Waals surface area contributed by atoms with Gasteiger partial charge >= 0.3 is 0 Å². The zero-order valence-electron chi connectivity index (χ0n) is 17.3. The number of aromatic nitrogens is 2. The summed E-state index contributed by atoms with van der Waals surface area (Å²) >= 11 is 0. The summed E-state index contributed by atoms with van der Waals surface area (Å²) in [6, 6.07) is 8.13. The van der Waals surface area contributed by atoms with E-state index in [1.165, 1.54) is 5.56 Å². The summed E-state index contributed by atoms with van der Waals surface area (Å²) in [5, 5.41) is 4.45. The van der Waals surface area contributed by atoms with Gasteiger partial charge in [0.05, 0.1) is 17.9 Å². The van der Waals surface area contributed by atoms with Crippen LogP contribution in [-0.4, -0.2) is 47.5 Å². The quantitative estimate of drug-likeness (QED) is 0.751. The van der Waals surface area contributed by atoms with Gasteiger partial charge in [-0.2, -0.15) is 9.40 Å². The predicted molar refractivity (Wildman–Crippen MR) is 111 cm³/mol. The molecule has 1 aromatic carbocycles. The Morgan fingerprint density at radius 1 is 1.17 bits per heavy atom. The summed E-state index contributed by atoms with van der Waals surface area (Å²) < 4.78 is 29.2. The number of sulfonamides is 1. The van der Waals surface area contributed by atoms with Gasteiger partial charge in [-0.05, 0) is 51.7 Å². The SMILES string of the molecule is Cc1nn(CCC(=O)N2c3ccccc3C[C@H]2C)c(C)c1S(=O)(=O)N1CCCC1. The molecule has 2 aliphatic rings. The number of rotatable bonds is 5. The van der Waals surface area contributed by atoms with Crippen molar-refractivity contribution in [2.45, 2.75) is 63.9 Å². The first-order valence-electron chi connectivity index (χ1n) is 10.2. The first kappa shape index (κ1) is 20.1. The number of hydrogen-bond acceptors (Lipinski definition) is 4. The number of hydrogen-bond donors (Lipinski definition) is 0. The molecule has 0 spiro atoms. The lowest BCUT2D eigenvalue weighted by atomic mass is 10.1. The molecule has 0 radical (unpaired) electrons. The molecule has 156 valence electrons. The van der Waals surface area contributed by atoms with Crippen molar-refractivity contribution in [2.75, 3.05) is 18.0 Å². The minimum Gasteiger partial charge on any atom is -0.309 e. The van der Waals surface area contributed by atoms with E-state index in [9.17, 15) is 13.2 Å². The van der Waals surface area contributed by atoms with Crippen LogP contribution in [0, 0.1) is 13.8 Å². The molecule has 0 saturated carbocycles. The van der Waals surface area contributed by atoms with E-state index in [0.717, 1.165) is 24.9 Å². The standard InChI is InChI=1S/C21H28N4O3S/c1-15-14-18-8-4-5-9-19(18)25(15)20(26)10-13-24-17(3)21(16(2)22-24)29(27,28)23-11-6-7-12-23/h4-5,8-9,15H,6-7,10-14H2,1-3H3/t15-/m1/s1. The van der Waals surface area contributed by atoms with E-state index in [1.807, 2.05) is 23.1 Å². The molecule has 2 aliphatic heterocycles. The first-order valence-corrected chi connectivity index (χ1v) is 11.7. The highest BCUT2D eigenvalue weighted by atomic mass is 32.2. The van der Waals surface area contributed by atoms with E-state index in [4.69, 9.17) is 0 Å². The number of nitrogens with zero attached hydrogens (tertiary/aromatic N) is 4. The zero-order valence-corrected chi connectivity index (χ0v) is 18.1. The maximum Gasteiger partial charge on any atom is 0.246 e. The smallest absolute Gasteiger partial charge is 0.246 e. The van der Waals surface area contributed by atoms with Gasteiger partial charge < -0.3 is 4.90 Å². The molecule has 3 heterocycles. The average Bonchev–Trinajstić information content (AvgIpc) is 3.37. The van der Waals surface area contributed by atoms with E-state index in [-0.39, 0.29) is 18.4 Å². The monoisotopic (exact) mass is 416 g/mol. The van der Waals surface area contributed by atoms with Gasteiger partial charge in [0.2, 0.25) is 15.9 Å². The third-order valence-electron chi connectivity index (χ3n) is 5.99. The summed E-state index contributed by atoms with van der Waals surface area (Å²) in [5.74, 6) is 0.0407. The molecule has 4 rings (SSSR count). The van der Waals surface area contributed by atoms with Gasteiger partial charge in [-0.3, -0.25) is 9.48 Å². The van der Waals surface area contributed by atoms with Gasteiger partial charge in [-0.15, -0.1) is 0 Å². The molecule has 29 heavy (non-hydrogen) atoms. The van der Waals surface area contributed by atoms with Crippen LogP contribution in [0.1, 0.15) is 43.1 Å². The summed E-state index contributed by atoms with van der Waals surface area (Å²) in [5.41, 5.74) is 3.29.